The second-order valence-corrected chi connectivity index (χ2v) is 8.77. The Bertz CT molecular complexity index is 1340. The third-order valence-corrected chi connectivity index (χ3v) is 6.26. The van der Waals surface area contributed by atoms with Gasteiger partial charge in [-0.1, -0.05) is 24.3 Å². The number of piperidine rings is 1. The van der Waals surface area contributed by atoms with Crippen LogP contribution in [0.1, 0.15) is 26.8 Å². The molecule has 0 bridgehead atoms. The molecule has 2 N–H and O–H groups in total. The molecular formula is C27H31N5O2. The summed E-state index contributed by atoms with van der Waals surface area (Å²) in [5.74, 6) is 1.34. The van der Waals surface area contributed by atoms with Crippen LogP contribution in [-0.4, -0.2) is 39.1 Å². The highest BCUT2D eigenvalue weighted by Crippen LogP contribution is 2.33. The van der Waals surface area contributed by atoms with Gasteiger partial charge in [-0.25, -0.2) is 9.97 Å². The lowest BCUT2D eigenvalue weighted by molar-refractivity contribution is -0.125. The number of rotatable bonds is 5. The minimum Gasteiger partial charge on any atom is -0.507 e. The average molecular weight is 458 g/mol. The predicted octanol–water partition coefficient (Wildman–Crippen LogP) is 4.73. The molecule has 176 valence electrons. The van der Waals surface area contributed by atoms with Crippen LogP contribution in [0.5, 0.6) is 5.75 Å². The van der Waals surface area contributed by atoms with Crippen LogP contribution < -0.4 is 10.2 Å². The number of benzene rings is 2. The van der Waals surface area contributed by atoms with Crippen LogP contribution in [0.2, 0.25) is 0 Å². The van der Waals surface area contributed by atoms with E-state index in [0.717, 1.165) is 47.2 Å². The van der Waals surface area contributed by atoms with E-state index in [2.05, 4.69) is 21.3 Å². The van der Waals surface area contributed by atoms with Gasteiger partial charge in [-0.15, -0.1) is 0 Å². The lowest BCUT2D eigenvalue weighted by Crippen LogP contribution is -2.43. The Labute approximate surface area is 201 Å². The quantitative estimate of drug-likeness (QED) is 0.450. The number of aromatic hydroxyl groups is 1. The molecule has 0 saturated carbocycles. The van der Waals surface area contributed by atoms with E-state index in [0.29, 0.717) is 24.5 Å². The summed E-state index contributed by atoms with van der Waals surface area (Å²) < 4.78 is 0. The van der Waals surface area contributed by atoms with Crippen molar-refractivity contribution < 1.29 is 12.8 Å². The van der Waals surface area contributed by atoms with Crippen LogP contribution in [0.3, 0.4) is 0 Å². The number of aryl methyl sites for hydroxylation is 1. The lowest BCUT2D eigenvalue weighted by atomic mass is 9.96. The topological polar surface area (TPSA) is 91.2 Å². The van der Waals surface area contributed by atoms with Gasteiger partial charge in [0, 0.05) is 40.3 Å². The van der Waals surface area contributed by atoms with Crippen molar-refractivity contribution in [1.82, 2.24) is 20.3 Å². The maximum Gasteiger partial charge on any atom is 0.225 e. The third kappa shape index (κ3) is 4.55. The number of aromatic nitrogens is 3. The number of nitrogens with one attached hydrogen (secondary N) is 1. The van der Waals surface area contributed by atoms with Crippen molar-refractivity contribution in [3.05, 3.63) is 78.1 Å². The van der Waals surface area contributed by atoms with Crippen molar-refractivity contribution in [2.75, 3.05) is 18.0 Å². The Morgan fingerprint density at radius 1 is 1.18 bits per heavy atom. The summed E-state index contributed by atoms with van der Waals surface area (Å²) in [6.07, 6.45) is 5.22. The number of anilines is 1. The minimum absolute atomic E-state index is 0. The van der Waals surface area contributed by atoms with E-state index in [1.807, 2.05) is 43.3 Å². The zero-order chi connectivity index (χ0) is 23.5. The molecule has 1 atom stereocenters. The monoisotopic (exact) mass is 457 g/mol. The number of phenolic OH excluding ortho intramolecular Hbond substituents is 1. The van der Waals surface area contributed by atoms with E-state index in [1.165, 1.54) is 0 Å². The summed E-state index contributed by atoms with van der Waals surface area (Å²) in [7, 11) is 0. The highest BCUT2D eigenvalue weighted by Gasteiger charge is 2.28. The van der Waals surface area contributed by atoms with Crippen LogP contribution in [0.15, 0.2) is 67.0 Å². The molecule has 34 heavy (non-hydrogen) atoms. The van der Waals surface area contributed by atoms with Crippen molar-refractivity contribution in [2.24, 2.45) is 5.92 Å². The molecule has 0 aliphatic carbocycles. The van der Waals surface area contributed by atoms with Gasteiger partial charge in [0.05, 0.1) is 17.0 Å². The van der Waals surface area contributed by atoms with E-state index in [1.54, 1.807) is 24.5 Å². The van der Waals surface area contributed by atoms with Gasteiger partial charge >= 0.3 is 0 Å². The Hall–Kier alpha value is -4.00. The smallest absolute Gasteiger partial charge is 0.225 e. The first kappa shape index (κ1) is 21.8. The van der Waals surface area contributed by atoms with Gasteiger partial charge in [-0.05, 0) is 61.2 Å². The van der Waals surface area contributed by atoms with Gasteiger partial charge < -0.3 is 15.3 Å². The van der Waals surface area contributed by atoms with Gasteiger partial charge in [0.15, 0.2) is 5.82 Å². The van der Waals surface area contributed by atoms with Crippen LogP contribution in [-0.2, 0) is 11.3 Å². The maximum atomic E-state index is 13.0. The summed E-state index contributed by atoms with van der Waals surface area (Å²) in [6.45, 7) is 3.90. The molecular weight excluding hydrogens is 426 g/mol. The van der Waals surface area contributed by atoms with Gasteiger partial charge in [0.2, 0.25) is 5.91 Å². The second-order valence-electron chi connectivity index (χ2n) is 8.77. The number of hydrogen-bond donors (Lipinski definition) is 2. The molecule has 1 aliphatic heterocycles. The number of hydrogen-bond acceptors (Lipinski definition) is 6. The highest BCUT2D eigenvalue weighted by molar-refractivity contribution is 5.92. The van der Waals surface area contributed by atoms with E-state index in [9.17, 15) is 9.90 Å². The van der Waals surface area contributed by atoms with Crippen LogP contribution in [0, 0.1) is 12.8 Å². The number of nitrogens with zero attached hydrogens (tertiary/aromatic N) is 4. The molecule has 0 spiro atoms. The van der Waals surface area contributed by atoms with Gasteiger partial charge in [-0.3, -0.25) is 9.78 Å². The number of fused-ring (bicyclic) bond motifs is 1. The first-order valence-corrected chi connectivity index (χ1v) is 11.6. The number of amides is 1. The normalized spacial score (nSPS) is 15.9. The molecule has 0 radical (unpaired) electrons. The number of carbonyl (C=O) groups is 1. The minimum atomic E-state index is -0.130. The summed E-state index contributed by atoms with van der Waals surface area (Å²) in [5, 5.41) is 14.4. The molecule has 7 heteroatoms. The SMILES string of the molecule is Cc1ccc2c(N3CCCC(C(=O)NCc4cccnc4)C3)nc(-c3ccccc3O)nc2c1.[HH].[HH]. The van der Waals surface area contributed by atoms with Gasteiger partial charge in [-0.2, -0.15) is 0 Å². The average Bonchev–Trinajstić information content (AvgIpc) is 2.87. The molecule has 1 unspecified atom stereocenters. The Balaban J connectivity index is 0.00000180. The fraction of sp³-hybridized carbons (Fsp3) is 0.259. The van der Waals surface area contributed by atoms with Crippen molar-refractivity contribution in [3.63, 3.8) is 0 Å². The highest BCUT2D eigenvalue weighted by atomic mass is 16.3. The van der Waals surface area contributed by atoms with Crippen LogP contribution >= 0.6 is 0 Å². The summed E-state index contributed by atoms with van der Waals surface area (Å²) in [5.41, 5.74) is 3.50. The largest absolute Gasteiger partial charge is 0.507 e. The van der Waals surface area contributed by atoms with Gasteiger partial charge in [0.1, 0.15) is 11.6 Å². The second kappa shape index (κ2) is 9.47. The molecule has 3 heterocycles. The Kier molecular flexibility index (Phi) is 6.08. The maximum absolute atomic E-state index is 13.0. The van der Waals surface area contributed by atoms with E-state index in [-0.39, 0.29) is 20.4 Å². The fourth-order valence-electron chi connectivity index (χ4n) is 4.47. The first-order chi connectivity index (χ1) is 16.6. The summed E-state index contributed by atoms with van der Waals surface area (Å²) >= 11 is 0. The number of phenols is 1. The zero-order valence-electron chi connectivity index (χ0n) is 19.1. The van der Waals surface area contributed by atoms with E-state index < -0.39 is 0 Å². The van der Waals surface area contributed by atoms with E-state index >= 15 is 0 Å². The first-order valence-electron chi connectivity index (χ1n) is 11.6. The number of pyridine rings is 1. The molecule has 4 aromatic rings. The molecule has 5 rings (SSSR count). The molecule has 7 nitrogen and oxygen atoms in total. The molecule has 1 amide bonds. The van der Waals surface area contributed by atoms with Gasteiger partial charge in [0.25, 0.3) is 0 Å². The van der Waals surface area contributed by atoms with Crippen LogP contribution in [0.25, 0.3) is 22.3 Å². The molecule has 1 fully saturated rings. The molecule has 2 aromatic carbocycles. The number of carbonyl (C=O) groups excluding carboxylic acids is 1. The zero-order valence-corrected chi connectivity index (χ0v) is 19.1. The summed E-state index contributed by atoms with van der Waals surface area (Å²) in [4.78, 5) is 28.9. The molecule has 1 aliphatic rings. The van der Waals surface area contributed by atoms with Crippen molar-refractivity contribution in [1.29, 1.82) is 0 Å². The molecule has 2 aromatic heterocycles. The lowest BCUT2D eigenvalue weighted by Gasteiger charge is -2.33. The van der Waals surface area contributed by atoms with Crippen molar-refractivity contribution in [3.8, 4) is 17.1 Å². The van der Waals surface area contributed by atoms with Crippen molar-refractivity contribution >= 4 is 22.6 Å². The Morgan fingerprint density at radius 2 is 2.06 bits per heavy atom. The fourth-order valence-corrected chi connectivity index (χ4v) is 4.47. The predicted molar refractivity (Wildman–Crippen MR) is 137 cm³/mol. The molecule has 1 saturated heterocycles. The van der Waals surface area contributed by atoms with E-state index in [4.69, 9.17) is 9.97 Å². The van der Waals surface area contributed by atoms with Crippen LogP contribution in [0.4, 0.5) is 5.82 Å². The standard InChI is InChI=1S/C27H27N5O2.2H2/c1-18-10-11-21-23(14-18)30-25(22-8-2-3-9-24(22)33)31-26(21)32-13-5-7-20(17-32)27(34)29-16-19-6-4-12-28-15-19;;/h2-4,6,8-12,14-15,20,33H,5,7,13,16-17H2,1H3,(H,29,34);2*1H. The Morgan fingerprint density at radius 3 is 2.88 bits per heavy atom. The third-order valence-electron chi connectivity index (χ3n) is 6.26. The number of para-hydroxylation sites is 1. The summed E-state index contributed by atoms with van der Waals surface area (Å²) in [6, 6.07) is 17.1. The van der Waals surface area contributed by atoms with Crippen molar-refractivity contribution in [2.45, 2.75) is 26.3 Å².